The molecule has 0 atom stereocenters. The average molecular weight is 376 g/mol. The molecule has 2 aromatic rings. The van der Waals surface area contributed by atoms with Gasteiger partial charge in [-0.25, -0.2) is 4.79 Å². The zero-order chi connectivity index (χ0) is 17.6. The number of rotatable bonds is 4. The molecule has 0 saturated heterocycles. The molecule has 0 aliphatic rings. The van der Waals surface area contributed by atoms with Gasteiger partial charge < -0.3 is 15.2 Å². The minimum atomic E-state index is -0.493. The van der Waals surface area contributed by atoms with Crippen LogP contribution in [0.1, 0.15) is 37.5 Å². The van der Waals surface area contributed by atoms with E-state index in [0.29, 0.717) is 6.54 Å². The van der Waals surface area contributed by atoms with Gasteiger partial charge in [0.15, 0.2) is 0 Å². The fraction of sp³-hybridized carbons (Fsp3) is 0.250. The maximum atomic E-state index is 11.6. The standard InChI is InChI=1S/C20H23NO3.V/c1-20(2,3)24-19(23)21-14-17-8-6-15(7-9-17)4-5-16-10-12-18(22)13-11-16;/h4-13,22H,14H2,1-3H3,(H,21,23);/b5-4+;. The van der Waals surface area contributed by atoms with Gasteiger partial charge in [-0.3, -0.25) is 0 Å². The van der Waals surface area contributed by atoms with Gasteiger partial charge in [0.1, 0.15) is 11.4 Å². The van der Waals surface area contributed by atoms with Crippen molar-refractivity contribution in [2.75, 3.05) is 0 Å². The van der Waals surface area contributed by atoms with Gasteiger partial charge >= 0.3 is 6.09 Å². The van der Waals surface area contributed by atoms with Crippen LogP contribution in [0.3, 0.4) is 0 Å². The van der Waals surface area contributed by atoms with E-state index in [-0.39, 0.29) is 24.3 Å². The first-order chi connectivity index (χ1) is 11.3. The third-order valence-corrected chi connectivity index (χ3v) is 3.18. The molecule has 4 nitrogen and oxygen atoms in total. The van der Waals surface area contributed by atoms with E-state index in [1.807, 2.05) is 69.3 Å². The molecule has 131 valence electrons. The van der Waals surface area contributed by atoms with E-state index in [2.05, 4.69) is 5.32 Å². The minimum Gasteiger partial charge on any atom is -0.508 e. The molecule has 25 heavy (non-hydrogen) atoms. The van der Waals surface area contributed by atoms with Crippen LogP contribution in [-0.4, -0.2) is 16.8 Å². The molecule has 1 radical (unpaired) electrons. The van der Waals surface area contributed by atoms with E-state index in [1.165, 1.54) is 0 Å². The average Bonchev–Trinajstić information content (AvgIpc) is 2.52. The summed E-state index contributed by atoms with van der Waals surface area (Å²) in [7, 11) is 0. The van der Waals surface area contributed by atoms with E-state index < -0.39 is 11.7 Å². The maximum absolute atomic E-state index is 11.6. The summed E-state index contributed by atoms with van der Waals surface area (Å²) in [6.07, 6.45) is 3.56. The van der Waals surface area contributed by atoms with E-state index in [1.54, 1.807) is 12.1 Å². The number of benzene rings is 2. The molecule has 2 N–H and O–H groups in total. The Kier molecular flexibility index (Phi) is 7.81. The van der Waals surface area contributed by atoms with Crippen LogP contribution in [0, 0.1) is 0 Å². The normalized spacial score (nSPS) is 11.0. The van der Waals surface area contributed by atoms with Crippen molar-refractivity contribution in [1.29, 1.82) is 0 Å². The molecule has 0 bridgehead atoms. The van der Waals surface area contributed by atoms with Crippen molar-refractivity contribution in [2.24, 2.45) is 0 Å². The Hall–Kier alpha value is -2.17. The van der Waals surface area contributed by atoms with Gasteiger partial charge in [0.25, 0.3) is 0 Å². The molecule has 0 unspecified atom stereocenters. The van der Waals surface area contributed by atoms with Gasteiger partial charge in [-0.1, -0.05) is 48.6 Å². The van der Waals surface area contributed by atoms with Crippen molar-refractivity contribution in [1.82, 2.24) is 5.32 Å². The summed E-state index contributed by atoms with van der Waals surface area (Å²) in [6.45, 7) is 5.93. The van der Waals surface area contributed by atoms with Gasteiger partial charge in [0, 0.05) is 25.1 Å². The van der Waals surface area contributed by atoms with Crippen LogP contribution < -0.4 is 5.32 Å². The van der Waals surface area contributed by atoms with E-state index >= 15 is 0 Å². The second-order valence-corrected chi connectivity index (χ2v) is 6.52. The van der Waals surface area contributed by atoms with Crippen LogP contribution >= 0.6 is 0 Å². The first-order valence-corrected chi connectivity index (χ1v) is 7.85. The molecule has 0 spiro atoms. The molecule has 5 heteroatoms. The fourth-order valence-corrected chi connectivity index (χ4v) is 2.01. The topological polar surface area (TPSA) is 58.6 Å². The molecule has 2 rings (SSSR count). The largest absolute Gasteiger partial charge is 0.508 e. The van der Waals surface area contributed by atoms with Crippen molar-refractivity contribution in [3.8, 4) is 5.75 Å². The van der Waals surface area contributed by atoms with Gasteiger partial charge in [-0.2, -0.15) is 0 Å². The number of carbonyl (C=O) groups is 1. The molecular weight excluding hydrogens is 353 g/mol. The summed E-state index contributed by atoms with van der Waals surface area (Å²) in [4.78, 5) is 11.6. The Morgan fingerprint density at radius 3 is 1.96 bits per heavy atom. The number of carbonyl (C=O) groups excluding carboxylic acids is 1. The summed E-state index contributed by atoms with van der Waals surface area (Å²) in [5.41, 5.74) is 2.59. The molecule has 0 aliphatic carbocycles. The van der Waals surface area contributed by atoms with Crippen LogP contribution in [0.5, 0.6) is 5.75 Å². The number of ether oxygens (including phenoxy) is 1. The number of hydrogen-bond acceptors (Lipinski definition) is 3. The predicted molar refractivity (Wildman–Crippen MR) is 96.6 cm³/mol. The number of nitrogens with one attached hydrogen (secondary N) is 1. The molecule has 0 saturated carbocycles. The van der Waals surface area contributed by atoms with Crippen LogP contribution in [0.15, 0.2) is 48.5 Å². The Balaban J connectivity index is 0.00000312. The van der Waals surface area contributed by atoms with Crippen LogP contribution in [0.4, 0.5) is 4.79 Å². The zero-order valence-electron chi connectivity index (χ0n) is 14.7. The molecule has 0 aromatic heterocycles. The summed E-state index contributed by atoms with van der Waals surface area (Å²) < 4.78 is 5.20. The quantitative estimate of drug-likeness (QED) is 0.768. The number of hydrogen-bond donors (Lipinski definition) is 2. The number of amides is 1. The predicted octanol–water partition coefficient (Wildman–Crippen LogP) is 4.58. The zero-order valence-corrected chi connectivity index (χ0v) is 16.1. The SMILES string of the molecule is CC(C)(C)OC(=O)NCc1ccc(/C=C/c2ccc(O)cc2)cc1.[V]. The van der Waals surface area contributed by atoms with Gasteiger partial charge in [-0.05, 0) is 49.6 Å². The Morgan fingerprint density at radius 1 is 1.00 bits per heavy atom. The third kappa shape index (κ3) is 7.97. The number of alkyl carbamates (subject to hydrolysis) is 1. The smallest absolute Gasteiger partial charge is 0.407 e. The van der Waals surface area contributed by atoms with E-state index in [0.717, 1.165) is 16.7 Å². The van der Waals surface area contributed by atoms with Crippen LogP contribution in [0.25, 0.3) is 12.2 Å². The number of phenols is 1. The Labute approximate surface area is 160 Å². The molecule has 0 fully saturated rings. The third-order valence-electron chi connectivity index (χ3n) is 3.18. The molecule has 0 aliphatic heterocycles. The van der Waals surface area contributed by atoms with Crippen LogP contribution in [0.2, 0.25) is 0 Å². The van der Waals surface area contributed by atoms with Crippen molar-refractivity contribution < 1.29 is 33.2 Å². The first kappa shape index (κ1) is 20.9. The van der Waals surface area contributed by atoms with E-state index in [9.17, 15) is 9.90 Å². The summed E-state index contributed by atoms with van der Waals surface area (Å²) in [5, 5.41) is 12.0. The summed E-state index contributed by atoms with van der Waals surface area (Å²) in [5.74, 6) is 0.258. The molecule has 2 aromatic carbocycles. The summed E-state index contributed by atoms with van der Waals surface area (Å²) >= 11 is 0. The second kappa shape index (κ2) is 9.35. The summed E-state index contributed by atoms with van der Waals surface area (Å²) in [6, 6.07) is 14.9. The van der Waals surface area contributed by atoms with Gasteiger partial charge in [0.05, 0.1) is 0 Å². The Morgan fingerprint density at radius 2 is 1.48 bits per heavy atom. The fourth-order valence-electron chi connectivity index (χ4n) is 2.01. The van der Waals surface area contributed by atoms with Gasteiger partial charge in [-0.15, -0.1) is 0 Å². The monoisotopic (exact) mass is 376 g/mol. The number of phenolic OH excluding ortho intramolecular Hbond substituents is 1. The molecule has 0 heterocycles. The molecule has 1 amide bonds. The Bertz CT molecular complexity index is 701. The van der Waals surface area contributed by atoms with Crippen molar-refractivity contribution in [2.45, 2.75) is 32.9 Å². The second-order valence-electron chi connectivity index (χ2n) is 6.52. The minimum absolute atomic E-state index is 0. The van der Waals surface area contributed by atoms with Crippen LogP contribution in [-0.2, 0) is 29.8 Å². The van der Waals surface area contributed by atoms with Crippen molar-refractivity contribution in [3.63, 3.8) is 0 Å². The molecular formula is C20H23NO3V. The first-order valence-electron chi connectivity index (χ1n) is 7.85. The maximum Gasteiger partial charge on any atom is 0.407 e. The van der Waals surface area contributed by atoms with Gasteiger partial charge in [0.2, 0.25) is 0 Å². The number of aromatic hydroxyl groups is 1. The van der Waals surface area contributed by atoms with Crippen molar-refractivity contribution in [3.05, 3.63) is 65.2 Å². The van der Waals surface area contributed by atoms with E-state index in [4.69, 9.17) is 4.74 Å². The van der Waals surface area contributed by atoms with Crippen molar-refractivity contribution >= 4 is 18.2 Å².